The van der Waals surface area contributed by atoms with Crippen LogP contribution in [0.25, 0.3) is 0 Å². The zero-order valence-corrected chi connectivity index (χ0v) is 14.5. The summed E-state index contributed by atoms with van der Waals surface area (Å²) in [4.78, 5) is 22.6. The van der Waals surface area contributed by atoms with E-state index < -0.39 is 0 Å². The van der Waals surface area contributed by atoms with Gasteiger partial charge in [0, 0.05) is 37.7 Å². The Morgan fingerprint density at radius 3 is 2.88 bits per heavy atom. The lowest BCUT2D eigenvalue weighted by Gasteiger charge is -2.28. The van der Waals surface area contributed by atoms with Gasteiger partial charge in [-0.15, -0.1) is 0 Å². The molecule has 4 rings (SSSR count). The third-order valence-corrected chi connectivity index (χ3v) is 5.18. The van der Waals surface area contributed by atoms with E-state index >= 15 is 0 Å². The molecule has 1 aromatic carbocycles. The zero-order chi connectivity index (χ0) is 17.2. The van der Waals surface area contributed by atoms with Gasteiger partial charge in [0.1, 0.15) is 11.6 Å². The molecule has 0 spiro atoms. The van der Waals surface area contributed by atoms with Crippen molar-refractivity contribution in [3.8, 4) is 5.75 Å². The molecule has 0 bridgehead atoms. The van der Waals surface area contributed by atoms with Crippen LogP contribution in [-0.4, -0.2) is 41.6 Å². The minimum absolute atomic E-state index is 0.0518. The average Bonchev–Trinajstić information content (AvgIpc) is 3.17. The standard InChI is InChI=1S/C19H24N4O2/c1-25-15-4-2-13(3-5-15)11-23-9-7-16-17(12-23)21-18(22-19(16)24)14-6-8-20-10-14/h2-5,14,20H,6-12H2,1H3,(H,21,22,24)/t14-/m1/s1. The minimum atomic E-state index is 0.0518. The Kier molecular flexibility index (Phi) is 4.55. The summed E-state index contributed by atoms with van der Waals surface area (Å²) in [6, 6.07) is 8.16. The van der Waals surface area contributed by atoms with E-state index in [4.69, 9.17) is 9.72 Å². The van der Waals surface area contributed by atoms with Gasteiger partial charge in [-0.3, -0.25) is 9.69 Å². The second kappa shape index (κ2) is 6.98. The molecule has 0 saturated carbocycles. The van der Waals surface area contributed by atoms with Crippen LogP contribution in [0.5, 0.6) is 5.75 Å². The summed E-state index contributed by atoms with van der Waals surface area (Å²) in [5, 5.41) is 3.34. The number of aromatic amines is 1. The molecule has 1 aromatic heterocycles. The average molecular weight is 340 g/mol. The second-order valence-electron chi connectivity index (χ2n) is 6.87. The summed E-state index contributed by atoms with van der Waals surface area (Å²) in [6.07, 6.45) is 1.80. The fraction of sp³-hybridized carbons (Fsp3) is 0.474. The van der Waals surface area contributed by atoms with E-state index in [2.05, 4.69) is 27.3 Å². The fourth-order valence-corrected chi connectivity index (χ4v) is 3.72. The van der Waals surface area contributed by atoms with E-state index in [0.29, 0.717) is 5.92 Å². The van der Waals surface area contributed by atoms with E-state index in [1.165, 1.54) is 5.56 Å². The van der Waals surface area contributed by atoms with Crippen LogP contribution in [0.1, 0.15) is 35.0 Å². The van der Waals surface area contributed by atoms with Crippen LogP contribution >= 0.6 is 0 Å². The van der Waals surface area contributed by atoms with E-state index in [0.717, 1.165) is 68.4 Å². The van der Waals surface area contributed by atoms with Crippen molar-refractivity contribution in [1.82, 2.24) is 20.2 Å². The Morgan fingerprint density at radius 2 is 2.16 bits per heavy atom. The van der Waals surface area contributed by atoms with Crippen molar-refractivity contribution in [2.24, 2.45) is 0 Å². The fourth-order valence-electron chi connectivity index (χ4n) is 3.72. The minimum Gasteiger partial charge on any atom is -0.497 e. The molecule has 0 unspecified atom stereocenters. The number of fused-ring (bicyclic) bond motifs is 1. The lowest BCUT2D eigenvalue weighted by Crippen LogP contribution is -2.35. The normalized spacial score (nSPS) is 20.4. The Morgan fingerprint density at radius 1 is 1.32 bits per heavy atom. The van der Waals surface area contributed by atoms with Crippen molar-refractivity contribution in [2.45, 2.75) is 31.8 Å². The molecule has 0 radical (unpaired) electrons. The first-order chi connectivity index (χ1) is 12.2. The zero-order valence-electron chi connectivity index (χ0n) is 14.5. The highest BCUT2D eigenvalue weighted by Crippen LogP contribution is 2.22. The Hall–Kier alpha value is -2.18. The molecule has 1 atom stereocenters. The number of aromatic nitrogens is 2. The van der Waals surface area contributed by atoms with E-state index in [-0.39, 0.29) is 5.56 Å². The Labute approximate surface area is 147 Å². The quantitative estimate of drug-likeness (QED) is 0.881. The molecular formula is C19H24N4O2. The predicted octanol–water partition coefficient (Wildman–Crippen LogP) is 1.41. The first-order valence-corrected chi connectivity index (χ1v) is 8.91. The number of methoxy groups -OCH3 is 1. The van der Waals surface area contributed by atoms with Crippen LogP contribution in [0, 0.1) is 0 Å². The maximum absolute atomic E-state index is 12.4. The molecule has 0 amide bonds. The van der Waals surface area contributed by atoms with Crippen LogP contribution in [0.15, 0.2) is 29.1 Å². The van der Waals surface area contributed by atoms with Gasteiger partial charge in [0.25, 0.3) is 5.56 Å². The molecule has 6 nitrogen and oxygen atoms in total. The number of H-pyrrole nitrogens is 1. The molecule has 1 saturated heterocycles. The highest BCUT2D eigenvalue weighted by molar-refractivity contribution is 5.28. The maximum Gasteiger partial charge on any atom is 0.254 e. The van der Waals surface area contributed by atoms with Gasteiger partial charge in [-0.1, -0.05) is 12.1 Å². The van der Waals surface area contributed by atoms with Crippen LogP contribution in [0.3, 0.4) is 0 Å². The smallest absolute Gasteiger partial charge is 0.254 e. The Bertz CT molecular complexity index is 794. The molecule has 6 heteroatoms. The monoisotopic (exact) mass is 340 g/mol. The van der Waals surface area contributed by atoms with Gasteiger partial charge < -0.3 is 15.0 Å². The van der Waals surface area contributed by atoms with Crippen molar-refractivity contribution >= 4 is 0 Å². The SMILES string of the molecule is COc1ccc(CN2CCc3c(nc([C@@H]4CCNC4)[nH]c3=O)C2)cc1. The van der Waals surface area contributed by atoms with Crippen LogP contribution < -0.4 is 15.6 Å². The summed E-state index contributed by atoms with van der Waals surface area (Å²) in [7, 11) is 1.68. The van der Waals surface area contributed by atoms with Gasteiger partial charge >= 0.3 is 0 Å². The van der Waals surface area contributed by atoms with Gasteiger partial charge in [0.05, 0.1) is 12.8 Å². The lowest BCUT2D eigenvalue weighted by atomic mass is 10.0. The van der Waals surface area contributed by atoms with Gasteiger partial charge in [-0.25, -0.2) is 4.98 Å². The molecule has 2 N–H and O–H groups in total. The van der Waals surface area contributed by atoms with Crippen molar-refractivity contribution in [3.63, 3.8) is 0 Å². The molecule has 1 fully saturated rings. The molecule has 25 heavy (non-hydrogen) atoms. The van der Waals surface area contributed by atoms with Crippen LogP contribution in [0.4, 0.5) is 0 Å². The van der Waals surface area contributed by atoms with E-state index in [1.54, 1.807) is 7.11 Å². The molecular weight excluding hydrogens is 316 g/mol. The summed E-state index contributed by atoms with van der Waals surface area (Å²) in [5.41, 5.74) is 3.11. The van der Waals surface area contributed by atoms with Crippen LogP contribution in [0.2, 0.25) is 0 Å². The van der Waals surface area contributed by atoms with Gasteiger partial charge in [-0.2, -0.15) is 0 Å². The van der Waals surface area contributed by atoms with Gasteiger partial charge in [0.15, 0.2) is 0 Å². The number of hydrogen-bond donors (Lipinski definition) is 2. The Balaban J connectivity index is 1.52. The number of hydrogen-bond acceptors (Lipinski definition) is 5. The largest absolute Gasteiger partial charge is 0.497 e. The topological polar surface area (TPSA) is 70.2 Å². The first kappa shape index (κ1) is 16.3. The third kappa shape index (κ3) is 3.45. The third-order valence-electron chi connectivity index (χ3n) is 5.18. The number of ether oxygens (including phenoxy) is 1. The van der Waals surface area contributed by atoms with E-state index in [1.807, 2.05) is 12.1 Å². The highest BCUT2D eigenvalue weighted by Gasteiger charge is 2.25. The van der Waals surface area contributed by atoms with Crippen LogP contribution in [-0.2, 0) is 19.5 Å². The molecule has 3 heterocycles. The highest BCUT2D eigenvalue weighted by atomic mass is 16.5. The second-order valence-corrected chi connectivity index (χ2v) is 6.87. The first-order valence-electron chi connectivity index (χ1n) is 8.91. The van der Waals surface area contributed by atoms with Crippen molar-refractivity contribution < 1.29 is 4.74 Å². The van der Waals surface area contributed by atoms with Crippen molar-refractivity contribution in [3.05, 3.63) is 57.3 Å². The summed E-state index contributed by atoms with van der Waals surface area (Å²) in [5.74, 6) is 2.05. The molecule has 0 aliphatic carbocycles. The molecule has 2 aliphatic heterocycles. The lowest BCUT2D eigenvalue weighted by molar-refractivity contribution is 0.239. The van der Waals surface area contributed by atoms with Gasteiger partial charge in [-0.05, 0) is 37.1 Å². The van der Waals surface area contributed by atoms with Crippen molar-refractivity contribution in [2.75, 3.05) is 26.7 Å². The van der Waals surface area contributed by atoms with Crippen molar-refractivity contribution in [1.29, 1.82) is 0 Å². The number of benzene rings is 1. The summed E-state index contributed by atoms with van der Waals surface area (Å²) in [6.45, 7) is 4.37. The predicted molar refractivity (Wildman–Crippen MR) is 95.9 cm³/mol. The summed E-state index contributed by atoms with van der Waals surface area (Å²) >= 11 is 0. The van der Waals surface area contributed by atoms with E-state index in [9.17, 15) is 4.79 Å². The maximum atomic E-state index is 12.4. The molecule has 2 aromatic rings. The summed E-state index contributed by atoms with van der Waals surface area (Å²) < 4.78 is 5.21. The number of nitrogens with one attached hydrogen (secondary N) is 2. The molecule has 132 valence electrons. The number of rotatable bonds is 4. The van der Waals surface area contributed by atoms with Gasteiger partial charge in [0.2, 0.25) is 0 Å². The molecule has 2 aliphatic rings. The number of nitrogens with zero attached hydrogens (tertiary/aromatic N) is 2.